The smallest absolute Gasteiger partial charge is 0.183 e. The highest BCUT2D eigenvalue weighted by molar-refractivity contribution is 5.49. The average molecular weight is 261 g/mol. The molecule has 1 aromatic rings. The maximum Gasteiger partial charge on any atom is 0.183 e. The van der Waals surface area contributed by atoms with E-state index in [-0.39, 0.29) is 12.6 Å². The van der Waals surface area contributed by atoms with Crippen LogP contribution in [0.1, 0.15) is 19.0 Å². The molecule has 0 aliphatic carbocycles. The molecule has 0 saturated carbocycles. The van der Waals surface area contributed by atoms with Gasteiger partial charge in [-0.15, -0.1) is 0 Å². The summed E-state index contributed by atoms with van der Waals surface area (Å²) in [6.07, 6.45) is 4.10. The van der Waals surface area contributed by atoms with E-state index in [4.69, 9.17) is 5.26 Å². The standard InChI is InChI=1S/C13H19N5O/c1-2-11(10-19)17-5-7-18(8-6-17)13-12(9-14)15-3-4-16-13/h3-4,11,19H,2,5-8,10H2,1H3/t11-/m0/s1. The summed E-state index contributed by atoms with van der Waals surface area (Å²) >= 11 is 0. The molecule has 1 aliphatic rings. The van der Waals surface area contributed by atoms with Gasteiger partial charge >= 0.3 is 0 Å². The number of hydrogen-bond donors (Lipinski definition) is 1. The van der Waals surface area contributed by atoms with Gasteiger partial charge < -0.3 is 10.0 Å². The normalized spacial score (nSPS) is 18.1. The van der Waals surface area contributed by atoms with Gasteiger partial charge in [-0.05, 0) is 6.42 Å². The van der Waals surface area contributed by atoms with Gasteiger partial charge in [0, 0.05) is 44.6 Å². The molecule has 1 atom stereocenters. The van der Waals surface area contributed by atoms with Crippen molar-refractivity contribution in [2.24, 2.45) is 0 Å². The molecule has 1 aliphatic heterocycles. The van der Waals surface area contributed by atoms with Crippen molar-refractivity contribution in [1.82, 2.24) is 14.9 Å². The number of aliphatic hydroxyl groups excluding tert-OH is 1. The van der Waals surface area contributed by atoms with Crippen LogP contribution in [-0.2, 0) is 0 Å². The maximum atomic E-state index is 9.32. The molecule has 19 heavy (non-hydrogen) atoms. The largest absolute Gasteiger partial charge is 0.395 e. The number of nitriles is 1. The molecule has 6 nitrogen and oxygen atoms in total. The van der Waals surface area contributed by atoms with E-state index in [1.54, 1.807) is 6.20 Å². The van der Waals surface area contributed by atoms with E-state index in [0.717, 1.165) is 32.6 Å². The molecule has 1 fully saturated rings. The van der Waals surface area contributed by atoms with Gasteiger partial charge in [-0.25, -0.2) is 9.97 Å². The molecule has 2 heterocycles. The Morgan fingerprint density at radius 2 is 2.00 bits per heavy atom. The molecule has 0 unspecified atom stereocenters. The van der Waals surface area contributed by atoms with E-state index in [1.165, 1.54) is 6.20 Å². The first-order valence-corrected chi connectivity index (χ1v) is 6.61. The lowest BCUT2D eigenvalue weighted by Crippen LogP contribution is -2.51. The monoisotopic (exact) mass is 261 g/mol. The van der Waals surface area contributed by atoms with Gasteiger partial charge in [0.05, 0.1) is 6.61 Å². The molecule has 1 aromatic heterocycles. The first-order valence-electron chi connectivity index (χ1n) is 6.61. The van der Waals surface area contributed by atoms with Gasteiger partial charge in [0.1, 0.15) is 6.07 Å². The summed E-state index contributed by atoms with van der Waals surface area (Å²) in [7, 11) is 0. The van der Waals surface area contributed by atoms with E-state index < -0.39 is 0 Å². The van der Waals surface area contributed by atoms with E-state index in [2.05, 4.69) is 32.8 Å². The maximum absolute atomic E-state index is 9.32. The minimum atomic E-state index is 0.199. The van der Waals surface area contributed by atoms with Crippen LogP contribution in [0.4, 0.5) is 5.82 Å². The molecule has 102 valence electrons. The van der Waals surface area contributed by atoms with Crippen molar-refractivity contribution in [2.45, 2.75) is 19.4 Å². The zero-order valence-electron chi connectivity index (χ0n) is 11.2. The third-order valence-corrected chi connectivity index (χ3v) is 3.60. The van der Waals surface area contributed by atoms with Crippen LogP contribution in [0.3, 0.4) is 0 Å². The Bertz CT molecular complexity index is 447. The van der Waals surface area contributed by atoms with Gasteiger partial charge in [-0.2, -0.15) is 5.26 Å². The Morgan fingerprint density at radius 1 is 1.32 bits per heavy atom. The highest BCUT2D eigenvalue weighted by atomic mass is 16.3. The van der Waals surface area contributed by atoms with Crippen LogP contribution in [-0.4, -0.2) is 58.8 Å². The minimum Gasteiger partial charge on any atom is -0.395 e. The van der Waals surface area contributed by atoms with Gasteiger partial charge in [-0.1, -0.05) is 6.92 Å². The molecular formula is C13H19N5O. The molecule has 1 saturated heterocycles. The summed E-state index contributed by atoms with van der Waals surface area (Å²) in [5.41, 5.74) is 0.380. The Kier molecular flexibility index (Phi) is 4.66. The number of aromatic nitrogens is 2. The molecule has 0 aromatic carbocycles. The van der Waals surface area contributed by atoms with Crippen molar-refractivity contribution < 1.29 is 5.11 Å². The number of nitrogens with zero attached hydrogens (tertiary/aromatic N) is 5. The summed E-state index contributed by atoms with van der Waals surface area (Å²) in [5, 5.41) is 18.4. The van der Waals surface area contributed by atoms with Gasteiger partial charge in [0.2, 0.25) is 0 Å². The van der Waals surface area contributed by atoms with Gasteiger partial charge in [0.15, 0.2) is 11.5 Å². The highest BCUT2D eigenvalue weighted by Crippen LogP contribution is 2.17. The Hall–Kier alpha value is -1.71. The lowest BCUT2D eigenvalue weighted by Gasteiger charge is -2.38. The fourth-order valence-corrected chi connectivity index (χ4v) is 2.44. The van der Waals surface area contributed by atoms with Gasteiger partial charge in [-0.3, -0.25) is 4.90 Å². The molecule has 6 heteroatoms. The second-order valence-electron chi connectivity index (χ2n) is 4.61. The highest BCUT2D eigenvalue weighted by Gasteiger charge is 2.24. The average Bonchev–Trinajstić information content (AvgIpc) is 2.49. The topological polar surface area (TPSA) is 76.3 Å². The van der Waals surface area contributed by atoms with Crippen molar-refractivity contribution in [2.75, 3.05) is 37.7 Å². The molecule has 0 spiro atoms. The predicted molar refractivity (Wildman–Crippen MR) is 71.7 cm³/mol. The van der Waals surface area contributed by atoms with Gasteiger partial charge in [0.25, 0.3) is 0 Å². The Morgan fingerprint density at radius 3 is 2.58 bits per heavy atom. The van der Waals surface area contributed by atoms with Crippen molar-refractivity contribution in [3.8, 4) is 6.07 Å². The first-order chi connectivity index (χ1) is 9.30. The molecule has 1 N–H and O–H groups in total. The fourth-order valence-electron chi connectivity index (χ4n) is 2.44. The summed E-state index contributed by atoms with van der Waals surface area (Å²) < 4.78 is 0. The van der Waals surface area contributed by atoms with E-state index in [0.29, 0.717) is 11.5 Å². The van der Waals surface area contributed by atoms with Crippen molar-refractivity contribution in [3.05, 3.63) is 18.1 Å². The SMILES string of the molecule is CC[C@@H](CO)N1CCN(c2nccnc2C#N)CC1. The van der Waals surface area contributed by atoms with Crippen LogP contribution < -0.4 is 4.90 Å². The Labute approximate surface area is 113 Å². The molecule has 0 radical (unpaired) electrons. The quantitative estimate of drug-likeness (QED) is 0.837. The van der Waals surface area contributed by atoms with E-state index in [9.17, 15) is 5.11 Å². The van der Waals surface area contributed by atoms with Crippen LogP contribution in [0, 0.1) is 11.3 Å². The summed E-state index contributed by atoms with van der Waals surface area (Å²) in [6, 6.07) is 2.32. The fraction of sp³-hybridized carbons (Fsp3) is 0.615. The van der Waals surface area contributed by atoms with Crippen LogP contribution in [0.25, 0.3) is 0 Å². The zero-order chi connectivity index (χ0) is 13.7. The number of rotatable bonds is 4. The third-order valence-electron chi connectivity index (χ3n) is 3.60. The number of aliphatic hydroxyl groups is 1. The molecule has 0 bridgehead atoms. The van der Waals surface area contributed by atoms with E-state index in [1.807, 2.05) is 0 Å². The second-order valence-corrected chi connectivity index (χ2v) is 4.61. The van der Waals surface area contributed by atoms with Crippen LogP contribution >= 0.6 is 0 Å². The third kappa shape index (κ3) is 3.00. The van der Waals surface area contributed by atoms with Crippen LogP contribution in [0.2, 0.25) is 0 Å². The predicted octanol–water partition coefficient (Wildman–Crippen LogP) is 0.241. The zero-order valence-corrected chi connectivity index (χ0v) is 11.2. The van der Waals surface area contributed by atoms with Crippen molar-refractivity contribution >= 4 is 5.82 Å². The lowest BCUT2D eigenvalue weighted by atomic mass is 10.1. The van der Waals surface area contributed by atoms with Crippen LogP contribution in [0.15, 0.2) is 12.4 Å². The number of anilines is 1. The number of piperazine rings is 1. The van der Waals surface area contributed by atoms with Crippen molar-refractivity contribution in [3.63, 3.8) is 0 Å². The summed E-state index contributed by atoms with van der Waals surface area (Å²) in [5.74, 6) is 0.668. The molecule has 0 amide bonds. The first kappa shape index (κ1) is 13.7. The molecule has 2 rings (SSSR count). The van der Waals surface area contributed by atoms with Crippen molar-refractivity contribution in [1.29, 1.82) is 5.26 Å². The van der Waals surface area contributed by atoms with E-state index >= 15 is 0 Å². The minimum absolute atomic E-state index is 0.199. The second kappa shape index (κ2) is 6.45. The summed E-state index contributed by atoms with van der Waals surface area (Å²) in [6.45, 7) is 5.66. The summed E-state index contributed by atoms with van der Waals surface area (Å²) in [4.78, 5) is 12.7. The Balaban J connectivity index is 2.02. The van der Waals surface area contributed by atoms with Crippen LogP contribution in [0.5, 0.6) is 0 Å². The molecular weight excluding hydrogens is 242 g/mol. The lowest BCUT2D eigenvalue weighted by molar-refractivity contribution is 0.114. The number of hydrogen-bond acceptors (Lipinski definition) is 6.